The topological polar surface area (TPSA) is 93.1 Å². The monoisotopic (exact) mass is 280 g/mol. The Morgan fingerprint density at radius 3 is 2.70 bits per heavy atom. The van der Waals surface area contributed by atoms with Gasteiger partial charge < -0.3 is 19.7 Å². The van der Waals surface area contributed by atoms with Gasteiger partial charge in [0.25, 0.3) is 0 Å². The molecule has 0 aromatic heterocycles. The number of benzene rings is 1. The zero-order valence-electron chi connectivity index (χ0n) is 10.9. The molecule has 1 atom stereocenters. The van der Waals surface area contributed by atoms with Crippen molar-refractivity contribution >= 4 is 11.8 Å². The largest absolute Gasteiger partial charge is 0.481 e. The quantitative estimate of drug-likeness (QED) is 0.778. The van der Waals surface area contributed by atoms with E-state index in [2.05, 4.69) is 0 Å². The maximum absolute atomic E-state index is 11.5. The number of ether oxygens (including phenoxy) is 2. The molecule has 0 saturated heterocycles. The first kappa shape index (κ1) is 14.3. The molecule has 2 N–H and O–H groups in total. The lowest BCUT2D eigenvalue weighted by Gasteiger charge is -2.10. The van der Waals surface area contributed by atoms with Crippen molar-refractivity contribution in [2.24, 2.45) is 0 Å². The second kappa shape index (κ2) is 6.38. The number of hydrogen-bond donors (Lipinski definition) is 2. The Kier molecular flexibility index (Phi) is 4.57. The van der Waals surface area contributed by atoms with Crippen LogP contribution >= 0.6 is 0 Å². The molecule has 1 aliphatic heterocycles. The van der Waals surface area contributed by atoms with E-state index in [1.807, 2.05) is 0 Å². The van der Waals surface area contributed by atoms with Crippen LogP contribution in [0.1, 0.15) is 24.8 Å². The van der Waals surface area contributed by atoms with E-state index >= 15 is 0 Å². The molecule has 0 spiro atoms. The Balaban J connectivity index is 1.83. The molecule has 1 aromatic rings. The Morgan fingerprint density at radius 2 is 1.95 bits per heavy atom. The fourth-order valence-electron chi connectivity index (χ4n) is 2.02. The zero-order valence-corrected chi connectivity index (χ0v) is 10.9. The molecule has 1 unspecified atom stereocenters. The highest BCUT2D eigenvalue weighted by atomic mass is 16.7. The van der Waals surface area contributed by atoms with E-state index in [9.17, 15) is 14.7 Å². The van der Waals surface area contributed by atoms with Crippen LogP contribution in [0.15, 0.2) is 18.2 Å². The first-order chi connectivity index (χ1) is 9.54. The van der Waals surface area contributed by atoms with Crippen LogP contribution in [0.5, 0.6) is 11.5 Å². The van der Waals surface area contributed by atoms with Crippen molar-refractivity contribution in [2.75, 3.05) is 6.79 Å². The standard InChI is InChI=1S/C14H16O6/c15-10(2-4-14(17)18)7-11(16)5-9-1-3-12-13(6-9)20-8-19-12/h1,3,6,11,16H,2,4-5,7-8H2,(H,17,18). The Hall–Kier alpha value is -2.08. The number of ketones is 1. The number of carboxylic acids is 1. The smallest absolute Gasteiger partial charge is 0.303 e. The Bertz CT molecular complexity index is 510. The molecule has 1 aliphatic rings. The van der Waals surface area contributed by atoms with Crippen LogP contribution in [-0.2, 0) is 16.0 Å². The number of Topliss-reactive ketones (excluding diaryl/α,β-unsaturated/α-hetero) is 1. The normalized spacial score (nSPS) is 14.1. The van der Waals surface area contributed by atoms with Gasteiger partial charge in [0.05, 0.1) is 12.5 Å². The maximum Gasteiger partial charge on any atom is 0.303 e. The van der Waals surface area contributed by atoms with Crippen molar-refractivity contribution < 1.29 is 29.3 Å². The number of carboxylic acid groups (broad SMARTS) is 1. The van der Waals surface area contributed by atoms with Crippen molar-refractivity contribution in [1.82, 2.24) is 0 Å². The lowest BCUT2D eigenvalue weighted by atomic mass is 10.0. The minimum absolute atomic E-state index is 0.0400. The van der Waals surface area contributed by atoms with Gasteiger partial charge in [0.15, 0.2) is 11.5 Å². The summed E-state index contributed by atoms with van der Waals surface area (Å²) in [6.07, 6.45) is -0.794. The molecular formula is C14H16O6. The lowest BCUT2D eigenvalue weighted by molar-refractivity contribution is -0.138. The van der Waals surface area contributed by atoms with E-state index in [4.69, 9.17) is 14.6 Å². The first-order valence-corrected chi connectivity index (χ1v) is 6.34. The summed E-state index contributed by atoms with van der Waals surface area (Å²) >= 11 is 0. The predicted molar refractivity (Wildman–Crippen MR) is 68.8 cm³/mol. The van der Waals surface area contributed by atoms with Crippen molar-refractivity contribution in [3.8, 4) is 11.5 Å². The highest BCUT2D eigenvalue weighted by molar-refractivity contribution is 5.82. The number of rotatable bonds is 7. The summed E-state index contributed by atoms with van der Waals surface area (Å²) in [5.74, 6) is 0.0388. The third-order valence-corrected chi connectivity index (χ3v) is 2.99. The number of aliphatic hydroxyl groups is 1. The number of aliphatic carboxylic acids is 1. The molecular weight excluding hydrogens is 264 g/mol. The molecule has 0 aliphatic carbocycles. The van der Waals surface area contributed by atoms with E-state index in [1.165, 1.54) is 0 Å². The number of carbonyl (C=O) groups excluding carboxylic acids is 1. The van der Waals surface area contributed by atoms with Gasteiger partial charge in [-0.1, -0.05) is 6.07 Å². The summed E-state index contributed by atoms with van der Waals surface area (Å²) in [7, 11) is 0. The van der Waals surface area contributed by atoms with E-state index in [0.29, 0.717) is 17.9 Å². The van der Waals surface area contributed by atoms with Gasteiger partial charge in [-0.25, -0.2) is 0 Å². The van der Waals surface area contributed by atoms with Gasteiger partial charge >= 0.3 is 5.97 Å². The molecule has 0 saturated carbocycles. The molecule has 2 rings (SSSR count). The van der Waals surface area contributed by atoms with Crippen LogP contribution in [0.2, 0.25) is 0 Å². The van der Waals surface area contributed by atoms with Crippen LogP contribution in [0.3, 0.4) is 0 Å². The molecule has 20 heavy (non-hydrogen) atoms. The third-order valence-electron chi connectivity index (χ3n) is 2.99. The Morgan fingerprint density at radius 1 is 1.20 bits per heavy atom. The molecule has 108 valence electrons. The van der Waals surface area contributed by atoms with Crippen molar-refractivity contribution in [3.63, 3.8) is 0 Å². The third kappa shape index (κ3) is 3.96. The summed E-state index contributed by atoms with van der Waals surface area (Å²) in [5, 5.41) is 18.3. The van der Waals surface area contributed by atoms with Crippen LogP contribution < -0.4 is 9.47 Å². The van der Waals surface area contributed by atoms with Crippen molar-refractivity contribution in [3.05, 3.63) is 23.8 Å². The molecule has 0 radical (unpaired) electrons. The molecule has 1 heterocycles. The van der Waals surface area contributed by atoms with E-state index in [-0.39, 0.29) is 31.8 Å². The minimum Gasteiger partial charge on any atom is -0.481 e. The molecule has 0 amide bonds. The lowest BCUT2D eigenvalue weighted by Crippen LogP contribution is -2.16. The number of hydrogen-bond acceptors (Lipinski definition) is 5. The zero-order chi connectivity index (χ0) is 14.5. The van der Waals surface area contributed by atoms with Gasteiger partial charge in [-0.15, -0.1) is 0 Å². The van der Waals surface area contributed by atoms with Crippen LogP contribution in [0, 0.1) is 0 Å². The van der Waals surface area contributed by atoms with Crippen LogP contribution in [0.4, 0.5) is 0 Å². The number of carbonyl (C=O) groups is 2. The van der Waals surface area contributed by atoms with Gasteiger partial charge in [-0.05, 0) is 24.1 Å². The van der Waals surface area contributed by atoms with Crippen molar-refractivity contribution in [2.45, 2.75) is 31.8 Å². The highest BCUT2D eigenvalue weighted by Gasteiger charge is 2.16. The highest BCUT2D eigenvalue weighted by Crippen LogP contribution is 2.32. The first-order valence-electron chi connectivity index (χ1n) is 6.34. The summed E-state index contributed by atoms with van der Waals surface area (Å²) in [6.45, 7) is 0.189. The molecule has 6 heteroatoms. The van der Waals surface area contributed by atoms with Gasteiger partial charge in [-0.3, -0.25) is 9.59 Å². The molecule has 1 aromatic carbocycles. The fraction of sp³-hybridized carbons (Fsp3) is 0.429. The summed E-state index contributed by atoms with van der Waals surface area (Å²) < 4.78 is 10.4. The van der Waals surface area contributed by atoms with Gasteiger partial charge in [-0.2, -0.15) is 0 Å². The number of fused-ring (bicyclic) bond motifs is 1. The number of aliphatic hydroxyl groups excluding tert-OH is 1. The van der Waals surface area contributed by atoms with Crippen LogP contribution in [-0.4, -0.2) is 34.9 Å². The molecule has 0 bridgehead atoms. The second-order valence-electron chi connectivity index (χ2n) is 4.68. The SMILES string of the molecule is O=C(O)CCC(=O)CC(O)Cc1ccc2c(c1)OCO2. The van der Waals surface area contributed by atoms with Crippen molar-refractivity contribution in [1.29, 1.82) is 0 Å². The summed E-state index contributed by atoms with van der Waals surface area (Å²) in [6, 6.07) is 5.34. The van der Waals surface area contributed by atoms with Gasteiger partial charge in [0, 0.05) is 12.8 Å². The van der Waals surface area contributed by atoms with E-state index in [1.54, 1.807) is 18.2 Å². The fourth-order valence-corrected chi connectivity index (χ4v) is 2.02. The van der Waals surface area contributed by atoms with Gasteiger partial charge in [0.2, 0.25) is 6.79 Å². The Labute approximate surface area is 115 Å². The summed E-state index contributed by atoms with van der Waals surface area (Å²) in [4.78, 5) is 21.8. The van der Waals surface area contributed by atoms with E-state index < -0.39 is 12.1 Å². The summed E-state index contributed by atoms with van der Waals surface area (Å²) in [5.41, 5.74) is 0.841. The molecule has 6 nitrogen and oxygen atoms in total. The van der Waals surface area contributed by atoms with Gasteiger partial charge in [0.1, 0.15) is 5.78 Å². The second-order valence-corrected chi connectivity index (χ2v) is 4.68. The average molecular weight is 280 g/mol. The van der Waals surface area contributed by atoms with E-state index in [0.717, 1.165) is 5.56 Å². The minimum atomic E-state index is -1.01. The predicted octanol–water partition coefficient (Wildman–Crippen LogP) is 1.14. The maximum atomic E-state index is 11.5. The van der Waals surface area contributed by atoms with Crippen LogP contribution in [0.25, 0.3) is 0 Å². The molecule has 0 fully saturated rings. The average Bonchev–Trinajstić information content (AvgIpc) is 2.83.